The Labute approximate surface area is 104 Å². The van der Waals surface area contributed by atoms with E-state index in [0.717, 1.165) is 12.7 Å². The lowest BCUT2D eigenvalue weighted by Crippen LogP contribution is -2.27. The molecule has 0 aromatic rings. The molecule has 0 aliphatic carbocycles. The fourth-order valence-electron chi connectivity index (χ4n) is 1.62. The van der Waals surface area contributed by atoms with Gasteiger partial charge >= 0.3 is 5.97 Å². The van der Waals surface area contributed by atoms with Gasteiger partial charge in [-0.2, -0.15) is 0 Å². The monoisotopic (exact) mass is 265 g/mol. The topological polar surface area (TPSA) is 72.5 Å². The molecule has 5 nitrogen and oxygen atoms in total. The van der Waals surface area contributed by atoms with Crippen molar-refractivity contribution in [1.29, 1.82) is 0 Å². The third-order valence-electron chi connectivity index (χ3n) is 2.12. The lowest BCUT2D eigenvalue weighted by atomic mass is 9.96. The van der Waals surface area contributed by atoms with E-state index in [2.05, 4.69) is 18.6 Å². The van der Waals surface area contributed by atoms with E-state index in [-0.39, 0.29) is 19.1 Å². The van der Waals surface area contributed by atoms with Crippen molar-refractivity contribution >= 4 is 16.0 Å². The summed E-state index contributed by atoms with van der Waals surface area (Å²) in [6, 6.07) is 0. The summed E-state index contributed by atoms with van der Waals surface area (Å²) in [5.41, 5.74) is 0. The van der Waals surface area contributed by atoms with Gasteiger partial charge in [0, 0.05) is 13.0 Å². The summed E-state index contributed by atoms with van der Waals surface area (Å²) in [6.45, 7) is 6.44. The van der Waals surface area contributed by atoms with E-state index in [0.29, 0.717) is 18.3 Å². The molecule has 0 radical (unpaired) electrons. The van der Waals surface area contributed by atoms with Crippen molar-refractivity contribution in [3.8, 4) is 0 Å². The number of hydrogen-bond acceptors (Lipinski definition) is 4. The van der Waals surface area contributed by atoms with Crippen LogP contribution in [-0.2, 0) is 19.6 Å². The SMILES string of the molecule is CC(C)CC(C)CC(=O)OCCNS(C)(=O)=O. The van der Waals surface area contributed by atoms with Crippen molar-refractivity contribution < 1.29 is 17.9 Å². The summed E-state index contributed by atoms with van der Waals surface area (Å²) in [5, 5.41) is 0. The first-order valence-corrected chi connectivity index (χ1v) is 7.70. The molecule has 0 aliphatic heterocycles. The van der Waals surface area contributed by atoms with Crippen molar-refractivity contribution in [1.82, 2.24) is 4.72 Å². The van der Waals surface area contributed by atoms with Crippen LogP contribution in [0.25, 0.3) is 0 Å². The van der Waals surface area contributed by atoms with Crippen LogP contribution in [0.15, 0.2) is 0 Å². The molecule has 0 spiro atoms. The number of rotatable bonds is 8. The molecule has 17 heavy (non-hydrogen) atoms. The second-order valence-corrected chi connectivity index (χ2v) is 6.66. The normalized spacial score (nSPS) is 13.7. The third kappa shape index (κ3) is 11.6. The maximum atomic E-state index is 11.4. The van der Waals surface area contributed by atoms with Crippen molar-refractivity contribution in [2.45, 2.75) is 33.6 Å². The Morgan fingerprint density at radius 1 is 1.29 bits per heavy atom. The van der Waals surface area contributed by atoms with E-state index in [1.54, 1.807) is 0 Å². The molecule has 102 valence electrons. The summed E-state index contributed by atoms with van der Waals surface area (Å²) in [7, 11) is -3.20. The van der Waals surface area contributed by atoms with E-state index < -0.39 is 10.0 Å². The largest absolute Gasteiger partial charge is 0.464 e. The molecule has 0 rings (SSSR count). The predicted octanol–water partition coefficient (Wildman–Crippen LogP) is 1.15. The summed E-state index contributed by atoms with van der Waals surface area (Å²) >= 11 is 0. The van der Waals surface area contributed by atoms with Crippen molar-refractivity contribution in [2.24, 2.45) is 11.8 Å². The molecule has 0 amide bonds. The minimum absolute atomic E-state index is 0.0836. The second kappa shape index (κ2) is 7.66. The van der Waals surface area contributed by atoms with E-state index in [4.69, 9.17) is 4.74 Å². The van der Waals surface area contributed by atoms with Gasteiger partial charge in [0.15, 0.2) is 0 Å². The zero-order valence-electron chi connectivity index (χ0n) is 11.0. The molecule has 0 heterocycles. The Bertz CT molecular complexity index is 324. The minimum atomic E-state index is -3.20. The number of esters is 1. The van der Waals surface area contributed by atoms with E-state index >= 15 is 0 Å². The molecule has 0 fully saturated rings. The van der Waals surface area contributed by atoms with Crippen LogP contribution in [0, 0.1) is 11.8 Å². The highest BCUT2D eigenvalue weighted by atomic mass is 32.2. The summed E-state index contributed by atoms with van der Waals surface area (Å²) < 4.78 is 28.6. The lowest BCUT2D eigenvalue weighted by molar-refractivity contribution is -0.144. The third-order valence-corrected chi connectivity index (χ3v) is 2.85. The van der Waals surface area contributed by atoms with Crippen LogP contribution in [0.1, 0.15) is 33.6 Å². The lowest BCUT2D eigenvalue weighted by Gasteiger charge is -2.13. The molecule has 0 saturated carbocycles. The first-order valence-electron chi connectivity index (χ1n) is 5.81. The summed E-state index contributed by atoms with van der Waals surface area (Å²) in [4.78, 5) is 11.4. The first-order chi connectivity index (χ1) is 7.70. The number of carbonyl (C=O) groups excluding carboxylic acids is 1. The quantitative estimate of drug-likeness (QED) is 0.528. The van der Waals surface area contributed by atoms with Crippen molar-refractivity contribution in [2.75, 3.05) is 19.4 Å². The van der Waals surface area contributed by atoms with Gasteiger partial charge in [0.05, 0.1) is 6.26 Å². The number of hydrogen-bond donors (Lipinski definition) is 1. The van der Waals surface area contributed by atoms with E-state index in [9.17, 15) is 13.2 Å². The maximum Gasteiger partial charge on any atom is 0.306 e. The fourth-order valence-corrected chi connectivity index (χ4v) is 2.08. The Morgan fingerprint density at radius 3 is 2.35 bits per heavy atom. The molecule has 1 atom stereocenters. The van der Waals surface area contributed by atoms with Crippen LogP contribution < -0.4 is 4.72 Å². The number of carbonyl (C=O) groups is 1. The first kappa shape index (κ1) is 16.4. The van der Waals surface area contributed by atoms with Gasteiger partial charge in [-0.3, -0.25) is 4.79 Å². The van der Waals surface area contributed by atoms with Gasteiger partial charge in [-0.1, -0.05) is 20.8 Å². The van der Waals surface area contributed by atoms with Gasteiger partial charge in [0.25, 0.3) is 0 Å². The summed E-state index contributed by atoms with van der Waals surface area (Å²) in [6.07, 6.45) is 2.44. The predicted molar refractivity (Wildman–Crippen MR) is 67.0 cm³/mol. The van der Waals surface area contributed by atoms with Crippen molar-refractivity contribution in [3.05, 3.63) is 0 Å². The molecule has 0 aromatic heterocycles. The maximum absolute atomic E-state index is 11.4. The zero-order chi connectivity index (χ0) is 13.5. The average Bonchev–Trinajstić information content (AvgIpc) is 2.09. The van der Waals surface area contributed by atoms with E-state index in [1.165, 1.54) is 0 Å². The smallest absolute Gasteiger partial charge is 0.306 e. The van der Waals surface area contributed by atoms with Crippen LogP contribution in [0.4, 0.5) is 0 Å². The van der Waals surface area contributed by atoms with Gasteiger partial charge in [0.1, 0.15) is 6.61 Å². The molecule has 0 saturated heterocycles. The number of sulfonamides is 1. The fraction of sp³-hybridized carbons (Fsp3) is 0.909. The second-order valence-electron chi connectivity index (χ2n) is 4.83. The minimum Gasteiger partial charge on any atom is -0.464 e. The summed E-state index contributed by atoms with van der Waals surface area (Å²) in [5.74, 6) is 0.587. The van der Waals surface area contributed by atoms with Gasteiger partial charge in [-0.15, -0.1) is 0 Å². The number of nitrogens with one attached hydrogen (secondary N) is 1. The van der Waals surface area contributed by atoms with Gasteiger partial charge in [0.2, 0.25) is 10.0 Å². The Morgan fingerprint density at radius 2 is 1.88 bits per heavy atom. The number of ether oxygens (including phenoxy) is 1. The molecule has 6 heteroatoms. The molecule has 0 aromatic carbocycles. The average molecular weight is 265 g/mol. The van der Waals surface area contributed by atoms with E-state index in [1.807, 2.05) is 6.92 Å². The Kier molecular flexibility index (Phi) is 7.38. The van der Waals surface area contributed by atoms with Crippen LogP contribution >= 0.6 is 0 Å². The van der Waals surface area contributed by atoms with Gasteiger partial charge in [-0.25, -0.2) is 13.1 Å². The zero-order valence-corrected chi connectivity index (χ0v) is 11.8. The highest BCUT2D eigenvalue weighted by Crippen LogP contribution is 2.14. The molecule has 0 bridgehead atoms. The van der Waals surface area contributed by atoms with Gasteiger partial charge in [-0.05, 0) is 18.3 Å². The highest BCUT2D eigenvalue weighted by molar-refractivity contribution is 7.88. The van der Waals surface area contributed by atoms with Crippen LogP contribution in [0.5, 0.6) is 0 Å². The standard InChI is InChI=1S/C11H23NO4S/c1-9(2)7-10(3)8-11(13)16-6-5-12-17(4,14)15/h9-10,12H,5-8H2,1-4H3. The molecule has 1 N–H and O–H groups in total. The molecule has 1 unspecified atom stereocenters. The Balaban J connectivity index is 3.66. The van der Waals surface area contributed by atoms with Crippen LogP contribution in [0.2, 0.25) is 0 Å². The highest BCUT2D eigenvalue weighted by Gasteiger charge is 2.11. The van der Waals surface area contributed by atoms with Crippen LogP contribution in [0.3, 0.4) is 0 Å². The van der Waals surface area contributed by atoms with Crippen molar-refractivity contribution in [3.63, 3.8) is 0 Å². The molecular formula is C11H23NO4S. The van der Waals surface area contributed by atoms with Gasteiger partial charge < -0.3 is 4.74 Å². The Hall–Kier alpha value is -0.620. The van der Waals surface area contributed by atoms with Crippen LogP contribution in [-0.4, -0.2) is 33.8 Å². The molecule has 0 aliphatic rings. The molecular weight excluding hydrogens is 242 g/mol.